The number of hydrogen-bond donors (Lipinski definition) is 0. The highest BCUT2D eigenvalue weighted by atomic mass is 32.2. The first-order valence-electron chi connectivity index (χ1n) is 7.23. The molecule has 1 aromatic heterocycles. The molecule has 0 radical (unpaired) electrons. The molecule has 0 amide bonds. The first-order chi connectivity index (χ1) is 10.8. The van der Waals surface area contributed by atoms with Crippen LogP contribution in [0.1, 0.15) is 28.4 Å². The Labute approximate surface area is 135 Å². The standard InChI is InChI=1S/C17H19NO4S/c1-4-23(21,22)11-16-8-13(5-6-14(16)10-19)15-7-12(2)17(20)18(3)9-15/h5-10H,4,11H2,1-3H3. The van der Waals surface area contributed by atoms with Crippen molar-refractivity contribution in [3.63, 3.8) is 0 Å². The van der Waals surface area contributed by atoms with Crippen molar-refractivity contribution in [2.75, 3.05) is 5.75 Å². The third-order valence-corrected chi connectivity index (χ3v) is 5.41. The third-order valence-electron chi connectivity index (χ3n) is 3.78. The summed E-state index contributed by atoms with van der Waals surface area (Å²) in [5, 5.41) is 0. The topological polar surface area (TPSA) is 73.2 Å². The van der Waals surface area contributed by atoms with E-state index in [9.17, 15) is 18.0 Å². The highest BCUT2D eigenvalue weighted by molar-refractivity contribution is 7.90. The minimum absolute atomic E-state index is 0.0223. The Bertz CT molecular complexity index is 884. The molecule has 0 N–H and O–H groups in total. The van der Waals surface area contributed by atoms with E-state index in [1.165, 1.54) is 4.57 Å². The average Bonchev–Trinajstić information content (AvgIpc) is 2.51. The van der Waals surface area contributed by atoms with Gasteiger partial charge in [-0.05, 0) is 35.7 Å². The molecule has 0 spiro atoms. The maximum atomic E-state index is 11.9. The number of benzene rings is 1. The van der Waals surface area contributed by atoms with Gasteiger partial charge in [-0.1, -0.05) is 19.1 Å². The molecule has 0 aliphatic rings. The number of sulfone groups is 1. The first kappa shape index (κ1) is 17.1. The molecule has 0 bridgehead atoms. The highest BCUT2D eigenvalue weighted by Gasteiger charge is 2.14. The maximum absolute atomic E-state index is 11.9. The van der Waals surface area contributed by atoms with Crippen molar-refractivity contribution in [2.45, 2.75) is 19.6 Å². The molecule has 0 saturated carbocycles. The summed E-state index contributed by atoms with van der Waals surface area (Å²) < 4.78 is 25.2. The molecule has 0 aliphatic heterocycles. The summed E-state index contributed by atoms with van der Waals surface area (Å²) in [6, 6.07) is 6.83. The van der Waals surface area contributed by atoms with Gasteiger partial charge in [0.05, 0.1) is 5.75 Å². The van der Waals surface area contributed by atoms with Crippen LogP contribution < -0.4 is 5.56 Å². The van der Waals surface area contributed by atoms with Gasteiger partial charge >= 0.3 is 0 Å². The van der Waals surface area contributed by atoms with E-state index in [-0.39, 0.29) is 17.1 Å². The number of nitrogens with zero attached hydrogens (tertiary/aromatic N) is 1. The lowest BCUT2D eigenvalue weighted by Crippen LogP contribution is -2.18. The molecule has 122 valence electrons. The SMILES string of the molecule is CCS(=O)(=O)Cc1cc(-c2cc(C)c(=O)n(C)c2)ccc1C=O. The lowest BCUT2D eigenvalue weighted by molar-refractivity contribution is 0.112. The van der Waals surface area contributed by atoms with Crippen molar-refractivity contribution in [1.29, 1.82) is 0 Å². The average molecular weight is 333 g/mol. The first-order valence-corrected chi connectivity index (χ1v) is 9.05. The zero-order valence-corrected chi connectivity index (χ0v) is 14.2. The number of aldehydes is 1. The van der Waals surface area contributed by atoms with Crippen molar-refractivity contribution in [1.82, 2.24) is 4.57 Å². The number of aryl methyl sites for hydroxylation is 2. The Morgan fingerprint density at radius 1 is 1.17 bits per heavy atom. The smallest absolute Gasteiger partial charge is 0.253 e. The van der Waals surface area contributed by atoms with Crippen molar-refractivity contribution < 1.29 is 13.2 Å². The van der Waals surface area contributed by atoms with Gasteiger partial charge in [0.25, 0.3) is 5.56 Å². The summed E-state index contributed by atoms with van der Waals surface area (Å²) in [7, 11) is -1.57. The number of pyridine rings is 1. The predicted molar refractivity (Wildman–Crippen MR) is 90.4 cm³/mol. The molecule has 1 aromatic carbocycles. The maximum Gasteiger partial charge on any atom is 0.253 e. The van der Waals surface area contributed by atoms with Crippen molar-refractivity contribution in [3.05, 3.63) is 57.5 Å². The Kier molecular flexibility index (Phi) is 4.85. The van der Waals surface area contributed by atoms with E-state index in [0.29, 0.717) is 23.0 Å². The molecule has 23 heavy (non-hydrogen) atoms. The van der Waals surface area contributed by atoms with Gasteiger partial charge < -0.3 is 4.57 Å². The van der Waals surface area contributed by atoms with E-state index in [2.05, 4.69) is 0 Å². The molecule has 0 atom stereocenters. The number of carbonyl (C=O) groups is 1. The van der Waals surface area contributed by atoms with Gasteiger partial charge in [0.2, 0.25) is 0 Å². The zero-order valence-electron chi connectivity index (χ0n) is 13.4. The van der Waals surface area contributed by atoms with Crippen LogP contribution in [-0.2, 0) is 22.6 Å². The number of aromatic nitrogens is 1. The Morgan fingerprint density at radius 3 is 2.43 bits per heavy atom. The normalized spacial score (nSPS) is 11.4. The molecule has 0 saturated heterocycles. The fraction of sp³-hybridized carbons (Fsp3) is 0.294. The summed E-state index contributed by atoms with van der Waals surface area (Å²) in [4.78, 5) is 22.9. The molecular formula is C17H19NO4S. The molecule has 0 unspecified atom stereocenters. The molecule has 0 fully saturated rings. The lowest BCUT2D eigenvalue weighted by atomic mass is 10.0. The summed E-state index contributed by atoms with van der Waals surface area (Å²) in [5.74, 6) is -0.148. The van der Waals surface area contributed by atoms with E-state index < -0.39 is 9.84 Å². The van der Waals surface area contributed by atoms with Gasteiger partial charge in [0, 0.05) is 30.1 Å². The minimum Gasteiger partial charge on any atom is -0.318 e. The third kappa shape index (κ3) is 3.76. The van der Waals surface area contributed by atoms with Crippen LogP contribution in [0.2, 0.25) is 0 Å². The summed E-state index contributed by atoms with van der Waals surface area (Å²) in [6.45, 7) is 3.31. The Balaban J connectivity index is 2.58. The molecule has 2 rings (SSSR count). The number of rotatable bonds is 5. The van der Waals surface area contributed by atoms with Gasteiger partial charge in [-0.2, -0.15) is 0 Å². The van der Waals surface area contributed by atoms with Gasteiger partial charge in [0.1, 0.15) is 6.29 Å². The lowest BCUT2D eigenvalue weighted by Gasteiger charge is -2.10. The molecule has 6 heteroatoms. The molecule has 5 nitrogen and oxygen atoms in total. The van der Waals surface area contributed by atoms with Crippen molar-refractivity contribution >= 4 is 16.1 Å². The zero-order chi connectivity index (χ0) is 17.2. The summed E-state index contributed by atoms with van der Waals surface area (Å²) in [6.07, 6.45) is 2.36. The van der Waals surface area contributed by atoms with Gasteiger partial charge in [-0.25, -0.2) is 8.42 Å². The van der Waals surface area contributed by atoms with E-state index in [0.717, 1.165) is 11.1 Å². The van der Waals surface area contributed by atoms with Crippen LogP contribution >= 0.6 is 0 Å². The van der Waals surface area contributed by atoms with Gasteiger partial charge in [-0.15, -0.1) is 0 Å². The predicted octanol–water partition coefficient (Wildman–Crippen LogP) is 2.11. The van der Waals surface area contributed by atoms with Crippen LogP contribution in [0, 0.1) is 6.92 Å². The second-order valence-electron chi connectivity index (χ2n) is 5.54. The molecule has 0 aliphatic carbocycles. The van der Waals surface area contributed by atoms with Gasteiger partial charge in [0.15, 0.2) is 9.84 Å². The largest absolute Gasteiger partial charge is 0.318 e. The van der Waals surface area contributed by atoms with Crippen LogP contribution in [-0.4, -0.2) is 25.0 Å². The fourth-order valence-electron chi connectivity index (χ4n) is 2.40. The van der Waals surface area contributed by atoms with Crippen LogP contribution in [0.3, 0.4) is 0 Å². The number of hydrogen-bond acceptors (Lipinski definition) is 4. The molecular weight excluding hydrogens is 314 g/mol. The van der Waals surface area contributed by atoms with Crippen LogP contribution in [0.4, 0.5) is 0 Å². The molecule has 1 heterocycles. The van der Waals surface area contributed by atoms with Crippen LogP contribution in [0.25, 0.3) is 11.1 Å². The van der Waals surface area contributed by atoms with E-state index in [1.54, 1.807) is 51.4 Å². The van der Waals surface area contributed by atoms with E-state index in [1.807, 2.05) is 0 Å². The number of carbonyl (C=O) groups excluding carboxylic acids is 1. The van der Waals surface area contributed by atoms with Gasteiger partial charge in [-0.3, -0.25) is 9.59 Å². The second-order valence-corrected chi connectivity index (χ2v) is 7.89. The highest BCUT2D eigenvalue weighted by Crippen LogP contribution is 2.23. The van der Waals surface area contributed by atoms with E-state index in [4.69, 9.17) is 0 Å². The van der Waals surface area contributed by atoms with Crippen molar-refractivity contribution in [2.24, 2.45) is 7.05 Å². The quantitative estimate of drug-likeness (QED) is 0.786. The summed E-state index contributed by atoms with van der Waals surface area (Å²) in [5.41, 5.74) is 2.95. The summed E-state index contributed by atoms with van der Waals surface area (Å²) >= 11 is 0. The van der Waals surface area contributed by atoms with Crippen LogP contribution in [0.15, 0.2) is 35.3 Å². The second kappa shape index (κ2) is 6.50. The van der Waals surface area contributed by atoms with Crippen LogP contribution in [0.5, 0.6) is 0 Å². The Morgan fingerprint density at radius 2 is 1.87 bits per heavy atom. The minimum atomic E-state index is -3.24. The monoisotopic (exact) mass is 333 g/mol. The van der Waals surface area contributed by atoms with E-state index >= 15 is 0 Å². The Hall–Kier alpha value is -2.21. The fourth-order valence-corrected chi connectivity index (χ4v) is 3.33. The van der Waals surface area contributed by atoms with Crippen molar-refractivity contribution in [3.8, 4) is 11.1 Å². The molecule has 2 aromatic rings.